The highest BCUT2D eigenvalue weighted by atomic mass is 35.5. The van der Waals surface area contributed by atoms with Crippen LogP contribution in [0.15, 0.2) is 36.4 Å². The Bertz CT molecular complexity index is 672. The average Bonchev–Trinajstić information content (AvgIpc) is 2.57. The first kappa shape index (κ1) is 18.1. The summed E-state index contributed by atoms with van der Waals surface area (Å²) in [6.07, 6.45) is 0.868. The maximum atomic E-state index is 11.8. The van der Waals surface area contributed by atoms with E-state index in [9.17, 15) is 4.79 Å². The van der Waals surface area contributed by atoms with Gasteiger partial charge in [0.25, 0.3) is 0 Å². The lowest BCUT2D eigenvalue weighted by molar-refractivity contribution is -0.134. The van der Waals surface area contributed by atoms with E-state index < -0.39 is 0 Å². The summed E-state index contributed by atoms with van der Waals surface area (Å²) in [5, 5.41) is 0.755. The molecule has 0 bridgehead atoms. The summed E-state index contributed by atoms with van der Waals surface area (Å²) in [5.41, 5.74) is 1.95. The number of carbonyl (C=O) groups excluding carboxylic acids is 1. The maximum Gasteiger partial charge on any atom is 0.311 e. The van der Waals surface area contributed by atoms with Crippen molar-refractivity contribution < 1.29 is 19.0 Å². The third kappa shape index (κ3) is 5.17. The van der Waals surface area contributed by atoms with Gasteiger partial charge >= 0.3 is 5.97 Å². The normalized spacial score (nSPS) is 10.3. The topological polar surface area (TPSA) is 44.8 Å². The number of halogens is 1. The Hall–Kier alpha value is -2.20. The predicted molar refractivity (Wildman–Crippen MR) is 94.3 cm³/mol. The van der Waals surface area contributed by atoms with Crippen LogP contribution in [0.25, 0.3) is 0 Å². The number of benzene rings is 2. The number of esters is 1. The summed E-state index contributed by atoms with van der Waals surface area (Å²) in [6.45, 7) is 4.32. The van der Waals surface area contributed by atoms with Crippen molar-refractivity contribution in [2.45, 2.75) is 26.7 Å². The van der Waals surface area contributed by atoms with E-state index in [1.165, 1.54) is 0 Å². The van der Waals surface area contributed by atoms with Gasteiger partial charge in [0.2, 0.25) is 0 Å². The summed E-state index contributed by atoms with van der Waals surface area (Å²) in [7, 11) is 1.59. The average molecular weight is 349 g/mol. The van der Waals surface area contributed by atoms with Crippen molar-refractivity contribution in [3.05, 3.63) is 52.5 Å². The van der Waals surface area contributed by atoms with Crippen LogP contribution < -0.4 is 14.2 Å². The number of aryl methyl sites for hydroxylation is 2. The summed E-state index contributed by atoms with van der Waals surface area (Å²) < 4.78 is 16.0. The lowest BCUT2D eigenvalue weighted by atomic mass is 10.1. The molecule has 2 aromatic carbocycles. The molecule has 0 saturated carbocycles. The Morgan fingerprint density at radius 2 is 1.58 bits per heavy atom. The summed E-state index contributed by atoms with van der Waals surface area (Å²) >= 11 is 6.12. The minimum atomic E-state index is -0.285. The van der Waals surface area contributed by atoms with Crippen LogP contribution >= 0.6 is 11.6 Å². The van der Waals surface area contributed by atoms with Crippen LogP contribution in [0.4, 0.5) is 0 Å². The Morgan fingerprint density at radius 1 is 1.00 bits per heavy atom. The smallest absolute Gasteiger partial charge is 0.311 e. The predicted octanol–water partition coefficient (Wildman–Crippen LogP) is 4.73. The fourth-order valence-electron chi connectivity index (χ4n) is 2.22. The molecule has 0 fully saturated rings. The van der Waals surface area contributed by atoms with E-state index in [0.29, 0.717) is 18.8 Å². The molecule has 0 unspecified atom stereocenters. The van der Waals surface area contributed by atoms with Crippen LogP contribution in [0.2, 0.25) is 5.02 Å². The second kappa shape index (κ2) is 8.60. The highest BCUT2D eigenvalue weighted by Crippen LogP contribution is 2.26. The molecule has 0 radical (unpaired) electrons. The highest BCUT2D eigenvalue weighted by molar-refractivity contribution is 6.32. The zero-order chi connectivity index (χ0) is 17.5. The van der Waals surface area contributed by atoms with Gasteiger partial charge in [0.05, 0.1) is 13.7 Å². The molecule has 5 heteroatoms. The van der Waals surface area contributed by atoms with Crippen molar-refractivity contribution in [2.75, 3.05) is 13.7 Å². The van der Waals surface area contributed by atoms with E-state index in [2.05, 4.69) is 0 Å². The van der Waals surface area contributed by atoms with Gasteiger partial charge in [-0.1, -0.05) is 11.6 Å². The Balaban J connectivity index is 1.74. The lowest BCUT2D eigenvalue weighted by Crippen LogP contribution is -2.10. The van der Waals surface area contributed by atoms with Crippen LogP contribution in [0.5, 0.6) is 17.2 Å². The summed E-state index contributed by atoms with van der Waals surface area (Å²) in [5.74, 6) is 1.70. The quantitative estimate of drug-likeness (QED) is 0.412. The highest BCUT2D eigenvalue weighted by Gasteiger charge is 2.07. The monoisotopic (exact) mass is 348 g/mol. The molecule has 2 aromatic rings. The molecule has 0 aromatic heterocycles. The van der Waals surface area contributed by atoms with Crippen molar-refractivity contribution in [3.63, 3.8) is 0 Å². The van der Waals surface area contributed by atoms with Crippen molar-refractivity contribution in [1.82, 2.24) is 0 Å². The van der Waals surface area contributed by atoms with Gasteiger partial charge in [-0.3, -0.25) is 4.79 Å². The number of methoxy groups -OCH3 is 1. The fourth-order valence-corrected chi connectivity index (χ4v) is 2.33. The van der Waals surface area contributed by atoms with E-state index in [-0.39, 0.29) is 12.4 Å². The van der Waals surface area contributed by atoms with Crippen LogP contribution in [0.3, 0.4) is 0 Å². The zero-order valence-corrected chi connectivity index (χ0v) is 14.9. The summed E-state index contributed by atoms with van der Waals surface area (Å²) in [6, 6.07) is 10.7. The molecule has 0 aliphatic carbocycles. The Labute approximate surface area is 147 Å². The molecule has 0 N–H and O–H groups in total. The Morgan fingerprint density at radius 3 is 2.17 bits per heavy atom. The van der Waals surface area contributed by atoms with Crippen molar-refractivity contribution in [1.29, 1.82) is 0 Å². The van der Waals surface area contributed by atoms with Crippen LogP contribution in [0, 0.1) is 13.8 Å². The summed E-state index contributed by atoms with van der Waals surface area (Å²) in [4.78, 5) is 11.8. The molecule has 0 aliphatic heterocycles. The zero-order valence-electron chi connectivity index (χ0n) is 14.1. The van der Waals surface area contributed by atoms with E-state index >= 15 is 0 Å². The molecule has 0 aliphatic rings. The standard InChI is InChI=1S/C19H21ClO4/c1-13-11-17(12-14(2)19(13)20)23-10-4-5-18(21)24-16-8-6-15(22-3)7-9-16/h6-9,11-12H,4-5,10H2,1-3H3. The molecule has 24 heavy (non-hydrogen) atoms. The molecule has 0 heterocycles. The lowest BCUT2D eigenvalue weighted by Gasteiger charge is -2.10. The largest absolute Gasteiger partial charge is 0.497 e. The van der Waals surface area contributed by atoms with Crippen molar-refractivity contribution in [2.24, 2.45) is 0 Å². The van der Waals surface area contributed by atoms with E-state index in [4.69, 9.17) is 25.8 Å². The number of rotatable bonds is 7. The second-order valence-electron chi connectivity index (χ2n) is 5.47. The molecular weight excluding hydrogens is 328 g/mol. The van der Waals surface area contributed by atoms with E-state index in [0.717, 1.165) is 27.6 Å². The van der Waals surface area contributed by atoms with Gasteiger partial charge in [-0.25, -0.2) is 0 Å². The minimum Gasteiger partial charge on any atom is -0.497 e. The van der Waals surface area contributed by atoms with Crippen LogP contribution in [-0.4, -0.2) is 19.7 Å². The third-order valence-electron chi connectivity index (χ3n) is 3.50. The fraction of sp³-hybridized carbons (Fsp3) is 0.316. The van der Waals surface area contributed by atoms with Gasteiger partial charge in [0, 0.05) is 11.4 Å². The first-order valence-corrected chi connectivity index (χ1v) is 8.11. The minimum absolute atomic E-state index is 0.285. The van der Waals surface area contributed by atoms with Gasteiger partial charge < -0.3 is 14.2 Å². The van der Waals surface area contributed by atoms with Gasteiger partial charge in [0.15, 0.2) is 0 Å². The molecule has 128 valence electrons. The number of carbonyl (C=O) groups is 1. The van der Waals surface area contributed by atoms with Crippen molar-refractivity contribution >= 4 is 17.6 Å². The molecule has 0 saturated heterocycles. The molecular formula is C19H21ClO4. The third-order valence-corrected chi connectivity index (χ3v) is 4.09. The van der Waals surface area contributed by atoms with Gasteiger partial charge in [-0.15, -0.1) is 0 Å². The van der Waals surface area contributed by atoms with Crippen LogP contribution in [-0.2, 0) is 4.79 Å². The molecule has 0 spiro atoms. The first-order valence-electron chi connectivity index (χ1n) is 7.74. The first-order chi connectivity index (χ1) is 11.5. The molecule has 2 rings (SSSR count). The molecule has 4 nitrogen and oxygen atoms in total. The van der Waals surface area contributed by atoms with E-state index in [1.807, 2.05) is 26.0 Å². The maximum absolute atomic E-state index is 11.8. The number of hydrogen-bond donors (Lipinski definition) is 0. The second-order valence-corrected chi connectivity index (χ2v) is 5.85. The number of ether oxygens (including phenoxy) is 3. The van der Waals surface area contributed by atoms with Gasteiger partial charge in [-0.2, -0.15) is 0 Å². The SMILES string of the molecule is COc1ccc(OC(=O)CCCOc2cc(C)c(Cl)c(C)c2)cc1. The van der Waals surface area contributed by atoms with Crippen LogP contribution in [0.1, 0.15) is 24.0 Å². The Kier molecular flexibility index (Phi) is 6.50. The van der Waals surface area contributed by atoms with Crippen molar-refractivity contribution in [3.8, 4) is 17.2 Å². The van der Waals surface area contributed by atoms with E-state index in [1.54, 1.807) is 31.4 Å². The van der Waals surface area contributed by atoms with Gasteiger partial charge in [-0.05, 0) is 67.8 Å². The van der Waals surface area contributed by atoms with Gasteiger partial charge in [0.1, 0.15) is 17.2 Å². The molecule has 0 amide bonds. The molecule has 0 atom stereocenters. The number of hydrogen-bond acceptors (Lipinski definition) is 4.